The quantitative estimate of drug-likeness (QED) is 0.678. The lowest BCUT2D eigenvalue weighted by Gasteiger charge is -2.04. The maximum atomic E-state index is 8.79. The summed E-state index contributed by atoms with van der Waals surface area (Å²) in [7, 11) is 3.92. The van der Waals surface area contributed by atoms with Gasteiger partial charge in [-0.25, -0.2) is 0 Å². The zero-order chi connectivity index (χ0) is 15.1. The molecule has 0 aliphatic carbocycles. The Morgan fingerprint density at radius 3 is 2.81 bits per heavy atom. The molecule has 4 nitrogen and oxygen atoms in total. The van der Waals surface area contributed by atoms with Crippen LogP contribution in [0.3, 0.4) is 0 Å². The maximum Gasteiger partial charge on any atom is 0.208 e. The van der Waals surface area contributed by atoms with Crippen molar-refractivity contribution in [2.75, 3.05) is 25.6 Å². The van der Waals surface area contributed by atoms with Gasteiger partial charge in [-0.2, -0.15) is 0 Å². The molecule has 1 N–H and O–H groups in total. The standard InChI is InChI=1S/C15H17N3OS2/c1-18(2)14-16-17-15(21-14)20-11-13-9-4-3-7-12(13)8-5-6-10-19/h3-4,7,9,19H,6,10-11H2,1-2H3. The van der Waals surface area contributed by atoms with E-state index in [1.807, 2.05) is 37.2 Å². The molecule has 6 heteroatoms. The Morgan fingerprint density at radius 2 is 2.10 bits per heavy atom. The molecule has 0 spiro atoms. The Kier molecular flexibility index (Phi) is 6.05. The number of aromatic nitrogens is 2. The maximum absolute atomic E-state index is 8.79. The predicted octanol–water partition coefficient (Wildman–Crippen LogP) is 2.63. The van der Waals surface area contributed by atoms with Gasteiger partial charge >= 0.3 is 0 Å². The van der Waals surface area contributed by atoms with E-state index in [4.69, 9.17) is 5.11 Å². The topological polar surface area (TPSA) is 49.2 Å². The highest BCUT2D eigenvalue weighted by molar-refractivity contribution is 8.00. The van der Waals surface area contributed by atoms with Crippen LogP contribution in [-0.4, -0.2) is 36.0 Å². The van der Waals surface area contributed by atoms with E-state index < -0.39 is 0 Å². The Hall–Kier alpha value is -1.55. The third-order valence-electron chi connectivity index (χ3n) is 2.61. The first-order valence-corrected chi connectivity index (χ1v) is 8.32. The van der Waals surface area contributed by atoms with Crippen molar-refractivity contribution >= 4 is 28.2 Å². The van der Waals surface area contributed by atoms with Gasteiger partial charge in [0.25, 0.3) is 0 Å². The summed E-state index contributed by atoms with van der Waals surface area (Å²) in [4.78, 5) is 1.95. The average Bonchev–Trinajstić information content (AvgIpc) is 2.96. The van der Waals surface area contributed by atoms with Crippen LogP contribution >= 0.6 is 23.1 Å². The van der Waals surface area contributed by atoms with E-state index in [1.165, 1.54) is 5.56 Å². The molecule has 1 aromatic carbocycles. The summed E-state index contributed by atoms with van der Waals surface area (Å²) in [6, 6.07) is 8.07. The first kappa shape index (κ1) is 15.8. The zero-order valence-corrected chi connectivity index (χ0v) is 13.7. The molecular weight excluding hydrogens is 302 g/mol. The van der Waals surface area contributed by atoms with Crippen molar-refractivity contribution in [3.63, 3.8) is 0 Å². The van der Waals surface area contributed by atoms with Gasteiger partial charge in [-0.1, -0.05) is 53.1 Å². The summed E-state index contributed by atoms with van der Waals surface area (Å²) >= 11 is 3.25. The van der Waals surface area contributed by atoms with Gasteiger partial charge in [-0.15, -0.1) is 10.2 Å². The van der Waals surface area contributed by atoms with Crippen molar-refractivity contribution in [2.24, 2.45) is 0 Å². The third kappa shape index (κ3) is 4.74. The number of anilines is 1. The first-order chi connectivity index (χ1) is 10.2. The average molecular weight is 319 g/mol. The minimum Gasteiger partial charge on any atom is -0.395 e. The van der Waals surface area contributed by atoms with Crippen LogP contribution in [0.1, 0.15) is 17.5 Å². The molecule has 0 aliphatic heterocycles. The van der Waals surface area contributed by atoms with Crippen LogP contribution in [0.2, 0.25) is 0 Å². The van der Waals surface area contributed by atoms with Crippen molar-refractivity contribution in [3.8, 4) is 11.8 Å². The van der Waals surface area contributed by atoms with Crippen molar-refractivity contribution in [3.05, 3.63) is 35.4 Å². The fraction of sp³-hybridized carbons (Fsp3) is 0.333. The molecular formula is C15H17N3OS2. The molecule has 21 heavy (non-hydrogen) atoms. The number of thioether (sulfide) groups is 1. The Labute approximate surface area is 133 Å². The zero-order valence-electron chi connectivity index (χ0n) is 12.0. The highest BCUT2D eigenvalue weighted by Gasteiger charge is 2.07. The van der Waals surface area contributed by atoms with E-state index >= 15 is 0 Å². The van der Waals surface area contributed by atoms with Crippen molar-refractivity contribution < 1.29 is 5.11 Å². The van der Waals surface area contributed by atoms with Crippen LogP contribution < -0.4 is 4.90 Å². The fourth-order valence-electron chi connectivity index (χ4n) is 1.56. The van der Waals surface area contributed by atoms with Crippen LogP contribution in [0.25, 0.3) is 0 Å². The monoisotopic (exact) mass is 319 g/mol. The lowest BCUT2D eigenvalue weighted by molar-refractivity contribution is 0.305. The smallest absolute Gasteiger partial charge is 0.208 e. The summed E-state index contributed by atoms with van der Waals surface area (Å²) in [6.07, 6.45) is 0.504. The van der Waals surface area contributed by atoms with Crippen molar-refractivity contribution in [1.82, 2.24) is 10.2 Å². The molecule has 0 bridgehead atoms. The van der Waals surface area contributed by atoms with Gasteiger partial charge in [-0.3, -0.25) is 0 Å². The third-order valence-corrected chi connectivity index (χ3v) is 4.88. The molecule has 0 saturated heterocycles. The highest BCUT2D eigenvalue weighted by Crippen LogP contribution is 2.29. The number of nitrogens with zero attached hydrogens (tertiary/aromatic N) is 3. The molecule has 110 valence electrons. The molecule has 0 saturated carbocycles. The van der Waals surface area contributed by atoms with E-state index in [2.05, 4.69) is 28.1 Å². The molecule has 0 amide bonds. The lowest BCUT2D eigenvalue weighted by atomic mass is 10.1. The summed E-state index contributed by atoms with van der Waals surface area (Å²) in [5, 5.41) is 18.0. The molecule has 1 heterocycles. The van der Waals surface area contributed by atoms with Crippen LogP contribution in [0.4, 0.5) is 5.13 Å². The largest absolute Gasteiger partial charge is 0.395 e. The van der Waals surface area contributed by atoms with Gasteiger partial charge in [0.15, 0.2) is 4.34 Å². The van der Waals surface area contributed by atoms with Crippen molar-refractivity contribution in [2.45, 2.75) is 16.5 Å². The van der Waals surface area contributed by atoms with Gasteiger partial charge in [0.2, 0.25) is 5.13 Å². The SMILES string of the molecule is CN(C)c1nnc(SCc2ccccc2C#CCCO)s1. The van der Waals surface area contributed by atoms with Gasteiger partial charge in [0.1, 0.15) is 0 Å². The number of hydrogen-bond acceptors (Lipinski definition) is 6. The van der Waals surface area contributed by atoms with E-state index in [0.717, 1.165) is 20.8 Å². The summed E-state index contributed by atoms with van der Waals surface area (Å²) in [5.74, 6) is 6.89. The van der Waals surface area contributed by atoms with Gasteiger partial charge in [-0.05, 0) is 11.6 Å². The normalized spacial score (nSPS) is 10.0. The minimum absolute atomic E-state index is 0.0992. The molecule has 1 aromatic heterocycles. The van der Waals surface area contributed by atoms with Crippen LogP contribution in [0.15, 0.2) is 28.6 Å². The molecule has 2 aromatic rings. The molecule has 0 radical (unpaired) electrons. The Balaban J connectivity index is 2.04. The van der Waals surface area contributed by atoms with Gasteiger partial charge in [0.05, 0.1) is 6.61 Å². The van der Waals surface area contributed by atoms with Gasteiger partial charge < -0.3 is 10.0 Å². The van der Waals surface area contributed by atoms with E-state index in [9.17, 15) is 0 Å². The van der Waals surface area contributed by atoms with E-state index in [0.29, 0.717) is 6.42 Å². The predicted molar refractivity (Wildman–Crippen MR) is 88.8 cm³/mol. The Morgan fingerprint density at radius 1 is 1.29 bits per heavy atom. The number of benzene rings is 1. The van der Waals surface area contributed by atoms with Crippen LogP contribution in [0.5, 0.6) is 0 Å². The van der Waals surface area contributed by atoms with E-state index in [1.54, 1.807) is 23.1 Å². The minimum atomic E-state index is 0.0992. The number of hydrogen-bond donors (Lipinski definition) is 1. The lowest BCUT2D eigenvalue weighted by Crippen LogP contribution is -2.07. The fourth-order valence-corrected chi connectivity index (χ4v) is 3.33. The van der Waals surface area contributed by atoms with Crippen LogP contribution in [-0.2, 0) is 5.75 Å². The molecule has 0 atom stereocenters. The Bertz CT molecular complexity index is 644. The number of rotatable bonds is 5. The molecule has 2 rings (SSSR count). The molecule has 0 unspecified atom stereocenters. The second-order valence-corrected chi connectivity index (χ2v) is 6.64. The molecule has 0 fully saturated rings. The van der Waals surface area contributed by atoms with Gasteiger partial charge in [0, 0.05) is 31.8 Å². The second-order valence-electron chi connectivity index (χ2n) is 4.47. The number of aliphatic hydroxyl groups excluding tert-OH is 1. The van der Waals surface area contributed by atoms with Crippen LogP contribution in [0, 0.1) is 11.8 Å². The summed E-state index contributed by atoms with van der Waals surface area (Å²) in [6.45, 7) is 0.0992. The first-order valence-electron chi connectivity index (χ1n) is 6.52. The number of aliphatic hydroxyl groups is 1. The van der Waals surface area contributed by atoms with Crippen molar-refractivity contribution in [1.29, 1.82) is 0 Å². The summed E-state index contributed by atoms with van der Waals surface area (Å²) < 4.78 is 0.955. The molecule has 0 aliphatic rings. The second kappa shape index (κ2) is 8.03. The highest BCUT2D eigenvalue weighted by atomic mass is 32.2. The van der Waals surface area contributed by atoms with E-state index in [-0.39, 0.29) is 6.61 Å². The summed E-state index contributed by atoms with van der Waals surface area (Å²) in [5.41, 5.74) is 2.19.